The van der Waals surface area contributed by atoms with Crippen molar-refractivity contribution in [1.82, 2.24) is 18.9 Å². The molecule has 1 aliphatic rings. The highest BCUT2D eigenvalue weighted by Crippen LogP contribution is 2.31. The minimum atomic E-state index is -0.898. The van der Waals surface area contributed by atoms with Gasteiger partial charge in [0.25, 0.3) is 0 Å². The minimum Gasteiger partial charge on any atom is -0.478 e. The van der Waals surface area contributed by atoms with E-state index in [2.05, 4.69) is 27.4 Å². The van der Waals surface area contributed by atoms with Gasteiger partial charge in [-0.15, -0.1) is 0 Å². The number of carboxylic acid groups (broad SMARTS) is 1. The third kappa shape index (κ3) is 3.02. The van der Waals surface area contributed by atoms with Crippen LogP contribution in [0.4, 0.5) is 0 Å². The van der Waals surface area contributed by atoms with Gasteiger partial charge in [-0.2, -0.15) is 0 Å². The minimum absolute atomic E-state index is 0.0809. The normalized spacial score (nSPS) is 16.7. The van der Waals surface area contributed by atoms with Crippen LogP contribution in [0.3, 0.4) is 0 Å². The highest BCUT2D eigenvalue weighted by atomic mass is 16.5. The average molecular weight is 368 g/mol. The number of aromatic carboxylic acids is 1. The van der Waals surface area contributed by atoms with E-state index in [1.165, 1.54) is 0 Å². The molecule has 1 unspecified atom stereocenters. The fourth-order valence-corrected chi connectivity index (χ4v) is 4.01. The second-order valence-corrected chi connectivity index (χ2v) is 7.08. The molecule has 4 rings (SSSR count). The van der Waals surface area contributed by atoms with Crippen LogP contribution in [0.25, 0.3) is 16.9 Å². The van der Waals surface area contributed by atoms with Crippen LogP contribution in [-0.4, -0.2) is 56.2 Å². The number of imidazole rings is 1. The lowest BCUT2D eigenvalue weighted by Crippen LogP contribution is -2.39. The number of aryl methyl sites for hydroxylation is 1. The number of morpholine rings is 1. The van der Waals surface area contributed by atoms with Gasteiger partial charge in [-0.25, -0.2) is 9.78 Å². The lowest BCUT2D eigenvalue weighted by Gasteiger charge is -2.33. The summed E-state index contributed by atoms with van der Waals surface area (Å²) in [6.45, 7) is 7.12. The van der Waals surface area contributed by atoms with E-state index in [1.54, 1.807) is 12.3 Å². The Labute approximate surface area is 157 Å². The zero-order valence-electron chi connectivity index (χ0n) is 15.8. The quantitative estimate of drug-likeness (QED) is 0.767. The molecule has 1 N–H and O–H groups in total. The molecule has 0 amide bonds. The van der Waals surface area contributed by atoms with Gasteiger partial charge in [0.1, 0.15) is 5.82 Å². The number of nitrogens with zero attached hydrogens (tertiary/aromatic N) is 4. The van der Waals surface area contributed by atoms with Crippen molar-refractivity contribution in [2.45, 2.75) is 19.9 Å². The van der Waals surface area contributed by atoms with Crippen molar-refractivity contribution in [3.8, 4) is 11.4 Å². The monoisotopic (exact) mass is 368 g/mol. The molecule has 4 heterocycles. The number of hydrogen-bond acceptors (Lipinski definition) is 4. The first-order chi connectivity index (χ1) is 13.0. The molecule has 0 saturated carbocycles. The standard InChI is InChI=1S/C20H24N4O3/c1-13-17(20(25)26)11-16-10-15(19-21-4-5-22(19)3)12-24(16)18(13)14(2)23-6-8-27-9-7-23/h4-5,10-12,14H,6-9H2,1-3H3,(H,25,26). The summed E-state index contributed by atoms with van der Waals surface area (Å²) in [7, 11) is 1.95. The van der Waals surface area contributed by atoms with Gasteiger partial charge >= 0.3 is 5.97 Å². The third-order valence-corrected chi connectivity index (χ3v) is 5.49. The van der Waals surface area contributed by atoms with E-state index in [-0.39, 0.29) is 6.04 Å². The number of pyridine rings is 1. The smallest absolute Gasteiger partial charge is 0.336 e. The Bertz CT molecular complexity index is 998. The first-order valence-electron chi connectivity index (χ1n) is 9.15. The second-order valence-electron chi connectivity index (χ2n) is 7.08. The molecule has 27 heavy (non-hydrogen) atoms. The van der Waals surface area contributed by atoms with Crippen molar-refractivity contribution in [2.75, 3.05) is 26.3 Å². The van der Waals surface area contributed by atoms with Crippen molar-refractivity contribution >= 4 is 11.5 Å². The van der Waals surface area contributed by atoms with Crippen molar-refractivity contribution in [3.05, 3.63) is 47.5 Å². The number of fused-ring (bicyclic) bond motifs is 1. The average Bonchev–Trinajstić information content (AvgIpc) is 3.26. The summed E-state index contributed by atoms with van der Waals surface area (Å²) in [6, 6.07) is 3.83. The topological polar surface area (TPSA) is 72.0 Å². The summed E-state index contributed by atoms with van der Waals surface area (Å²) in [4.78, 5) is 18.6. The Kier molecular flexibility index (Phi) is 4.49. The van der Waals surface area contributed by atoms with Crippen molar-refractivity contribution in [2.24, 2.45) is 7.05 Å². The van der Waals surface area contributed by atoms with Crippen LogP contribution in [0.1, 0.15) is 34.6 Å². The number of carboxylic acids is 1. The first kappa shape index (κ1) is 17.8. The fourth-order valence-electron chi connectivity index (χ4n) is 4.01. The van der Waals surface area contributed by atoms with Crippen molar-refractivity contribution < 1.29 is 14.6 Å². The van der Waals surface area contributed by atoms with Crippen LogP contribution < -0.4 is 0 Å². The fraction of sp³-hybridized carbons (Fsp3) is 0.400. The summed E-state index contributed by atoms with van der Waals surface area (Å²) in [5.74, 6) is -0.0385. The van der Waals surface area contributed by atoms with Crippen LogP contribution in [0.2, 0.25) is 0 Å². The molecule has 0 bridgehead atoms. The summed E-state index contributed by atoms with van der Waals surface area (Å²) in [5.41, 5.74) is 4.00. The van der Waals surface area contributed by atoms with E-state index in [1.807, 2.05) is 30.8 Å². The SMILES string of the molecule is Cc1c(C(=O)O)cc2cc(-c3nccn3C)cn2c1C(C)N1CCOCC1. The summed E-state index contributed by atoms with van der Waals surface area (Å²) in [6.07, 6.45) is 5.73. The zero-order chi connectivity index (χ0) is 19.1. The number of aromatic nitrogens is 3. The van der Waals surface area contributed by atoms with Gasteiger partial charge in [0.05, 0.1) is 18.8 Å². The maximum absolute atomic E-state index is 11.8. The van der Waals surface area contributed by atoms with Gasteiger partial charge in [-0.1, -0.05) is 0 Å². The van der Waals surface area contributed by atoms with E-state index < -0.39 is 5.97 Å². The number of rotatable bonds is 4. The molecule has 3 aromatic heterocycles. The Morgan fingerprint density at radius 1 is 1.30 bits per heavy atom. The Hall–Kier alpha value is -2.64. The highest BCUT2D eigenvalue weighted by Gasteiger charge is 2.25. The van der Waals surface area contributed by atoms with Crippen molar-refractivity contribution in [3.63, 3.8) is 0 Å². The Balaban J connectivity index is 1.91. The molecule has 1 atom stereocenters. The van der Waals surface area contributed by atoms with Gasteiger partial charge in [-0.05, 0) is 31.5 Å². The van der Waals surface area contributed by atoms with E-state index >= 15 is 0 Å². The van der Waals surface area contributed by atoms with Gasteiger partial charge in [-0.3, -0.25) is 4.90 Å². The van der Waals surface area contributed by atoms with Crippen LogP contribution in [0, 0.1) is 6.92 Å². The second kappa shape index (κ2) is 6.83. The maximum Gasteiger partial charge on any atom is 0.336 e. The number of carbonyl (C=O) groups is 1. The number of ether oxygens (including phenoxy) is 1. The van der Waals surface area contributed by atoms with E-state index in [9.17, 15) is 9.90 Å². The summed E-state index contributed by atoms with van der Waals surface area (Å²) >= 11 is 0. The maximum atomic E-state index is 11.8. The molecule has 142 valence electrons. The van der Waals surface area contributed by atoms with E-state index in [0.717, 1.165) is 41.3 Å². The first-order valence-corrected chi connectivity index (χ1v) is 9.15. The molecule has 7 heteroatoms. The third-order valence-electron chi connectivity index (χ3n) is 5.49. The van der Waals surface area contributed by atoms with Gasteiger partial charge < -0.3 is 18.8 Å². The van der Waals surface area contributed by atoms with Gasteiger partial charge in [0.2, 0.25) is 0 Å². The lowest BCUT2D eigenvalue weighted by molar-refractivity contribution is 0.0187. The van der Waals surface area contributed by atoms with E-state index in [0.29, 0.717) is 18.8 Å². The lowest BCUT2D eigenvalue weighted by atomic mass is 10.0. The highest BCUT2D eigenvalue weighted by molar-refractivity contribution is 5.91. The predicted molar refractivity (Wildman–Crippen MR) is 102 cm³/mol. The summed E-state index contributed by atoms with van der Waals surface area (Å²) in [5, 5.41) is 9.72. The molecular weight excluding hydrogens is 344 g/mol. The van der Waals surface area contributed by atoms with Crippen LogP contribution in [-0.2, 0) is 11.8 Å². The molecule has 1 saturated heterocycles. The molecule has 1 fully saturated rings. The summed E-state index contributed by atoms with van der Waals surface area (Å²) < 4.78 is 9.56. The molecule has 1 aliphatic heterocycles. The molecule has 0 spiro atoms. The van der Waals surface area contributed by atoms with E-state index in [4.69, 9.17) is 4.74 Å². The molecular formula is C20H24N4O3. The van der Waals surface area contributed by atoms with Crippen LogP contribution >= 0.6 is 0 Å². The van der Waals surface area contributed by atoms with Crippen LogP contribution in [0.15, 0.2) is 30.7 Å². The predicted octanol–water partition coefficient (Wildman–Crippen LogP) is 2.74. The van der Waals surface area contributed by atoms with Crippen molar-refractivity contribution in [1.29, 1.82) is 0 Å². The van der Waals surface area contributed by atoms with Gasteiger partial charge in [0, 0.05) is 61.5 Å². The molecule has 0 radical (unpaired) electrons. The van der Waals surface area contributed by atoms with Gasteiger partial charge in [0.15, 0.2) is 0 Å². The molecule has 7 nitrogen and oxygen atoms in total. The Morgan fingerprint density at radius 2 is 2.04 bits per heavy atom. The molecule has 0 aromatic carbocycles. The Morgan fingerprint density at radius 3 is 2.67 bits per heavy atom. The zero-order valence-corrected chi connectivity index (χ0v) is 15.8. The van der Waals surface area contributed by atoms with Crippen LogP contribution in [0.5, 0.6) is 0 Å². The molecule has 0 aliphatic carbocycles. The molecule has 3 aromatic rings. The largest absolute Gasteiger partial charge is 0.478 e. The number of hydrogen-bond donors (Lipinski definition) is 1.